The van der Waals surface area contributed by atoms with Gasteiger partial charge in [0.15, 0.2) is 0 Å². The number of sulfonamides is 1. The molecule has 0 saturated heterocycles. The lowest BCUT2D eigenvalue weighted by atomic mass is 10.1. The van der Waals surface area contributed by atoms with E-state index in [2.05, 4.69) is 5.32 Å². The number of para-hydroxylation sites is 2. The molecule has 0 aromatic heterocycles. The standard InChI is InChI=1S/C30H36ClN3O6S/c1-6-21(2)32-30(36)22(3)33(19-23-11-7-8-12-26(23)31)29(35)20-34(27-13-9-10-14-28(27)40-5)41(37,38)25-17-15-24(39-4)16-18-25/h7-18,21-22H,6,19-20H2,1-5H3,(H,32,36). The third kappa shape index (κ3) is 7.71. The predicted octanol–water partition coefficient (Wildman–Crippen LogP) is 4.88. The average molecular weight is 602 g/mol. The van der Waals surface area contributed by atoms with E-state index in [9.17, 15) is 18.0 Å². The van der Waals surface area contributed by atoms with E-state index in [1.165, 1.54) is 43.4 Å². The van der Waals surface area contributed by atoms with Gasteiger partial charge in [0.1, 0.15) is 24.1 Å². The van der Waals surface area contributed by atoms with E-state index in [-0.39, 0.29) is 34.8 Å². The molecule has 220 valence electrons. The zero-order chi connectivity index (χ0) is 30.2. The van der Waals surface area contributed by atoms with Crippen LogP contribution in [0.4, 0.5) is 5.69 Å². The third-order valence-corrected chi connectivity index (χ3v) is 8.89. The van der Waals surface area contributed by atoms with Crippen LogP contribution in [0.15, 0.2) is 77.7 Å². The van der Waals surface area contributed by atoms with Gasteiger partial charge in [-0.1, -0.05) is 48.9 Å². The summed E-state index contributed by atoms with van der Waals surface area (Å²) in [4.78, 5) is 28.5. The van der Waals surface area contributed by atoms with Crippen LogP contribution < -0.4 is 19.1 Å². The van der Waals surface area contributed by atoms with Crippen LogP contribution in [-0.2, 0) is 26.2 Å². The minimum atomic E-state index is -4.27. The SMILES string of the molecule is CCC(C)NC(=O)C(C)N(Cc1ccccc1Cl)C(=O)CN(c1ccccc1OC)S(=O)(=O)c1ccc(OC)cc1. The molecular weight excluding hydrogens is 566 g/mol. The number of nitrogens with one attached hydrogen (secondary N) is 1. The highest BCUT2D eigenvalue weighted by atomic mass is 35.5. The summed E-state index contributed by atoms with van der Waals surface area (Å²) in [6.07, 6.45) is 0.707. The number of carbonyl (C=O) groups excluding carboxylic acids is 2. The number of halogens is 1. The molecule has 2 atom stereocenters. The number of rotatable bonds is 13. The Hall–Kier alpha value is -3.76. The fourth-order valence-electron chi connectivity index (χ4n) is 4.08. The quantitative estimate of drug-likeness (QED) is 0.299. The number of ether oxygens (including phenoxy) is 2. The Labute approximate surface area is 247 Å². The Morgan fingerprint density at radius 2 is 1.56 bits per heavy atom. The van der Waals surface area contributed by atoms with Crippen molar-refractivity contribution in [3.05, 3.63) is 83.4 Å². The summed E-state index contributed by atoms with van der Waals surface area (Å²) >= 11 is 6.41. The molecule has 0 aliphatic rings. The second kappa shape index (κ2) is 14.2. The van der Waals surface area contributed by atoms with Gasteiger partial charge in [0.2, 0.25) is 11.8 Å². The molecule has 0 heterocycles. The van der Waals surface area contributed by atoms with Crippen molar-refractivity contribution in [1.29, 1.82) is 0 Å². The Morgan fingerprint density at radius 3 is 2.17 bits per heavy atom. The average Bonchev–Trinajstić information content (AvgIpc) is 2.98. The van der Waals surface area contributed by atoms with E-state index in [4.69, 9.17) is 21.1 Å². The molecule has 0 aliphatic carbocycles. The van der Waals surface area contributed by atoms with E-state index in [1.54, 1.807) is 55.5 Å². The molecule has 0 saturated carbocycles. The lowest BCUT2D eigenvalue weighted by Gasteiger charge is -2.33. The van der Waals surface area contributed by atoms with Crippen molar-refractivity contribution in [3.63, 3.8) is 0 Å². The summed E-state index contributed by atoms with van der Waals surface area (Å²) in [5, 5.41) is 3.33. The second-order valence-corrected chi connectivity index (χ2v) is 11.7. The Morgan fingerprint density at radius 1 is 0.927 bits per heavy atom. The first-order valence-corrected chi connectivity index (χ1v) is 15.0. The second-order valence-electron chi connectivity index (χ2n) is 9.47. The molecule has 3 aromatic carbocycles. The number of carbonyl (C=O) groups is 2. The Balaban J connectivity index is 2.08. The number of hydrogen-bond donors (Lipinski definition) is 1. The number of benzene rings is 3. The number of methoxy groups -OCH3 is 2. The van der Waals surface area contributed by atoms with Crippen molar-refractivity contribution in [2.45, 2.75) is 50.7 Å². The number of anilines is 1. The van der Waals surface area contributed by atoms with Crippen LogP contribution in [0, 0.1) is 0 Å². The molecular formula is C30H36ClN3O6S. The first-order valence-electron chi connectivity index (χ1n) is 13.2. The van der Waals surface area contributed by atoms with Crippen LogP contribution in [0.25, 0.3) is 0 Å². The number of hydrogen-bond acceptors (Lipinski definition) is 6. The minimum absolute atomic E-state index is 0.00402. The van der Waals surface area contributed by atoms with Gasteiger partial charge in [0, 0.05) is 17.6 Å². The van der Waals surface area contributed by atoms with Crippen molar-refractivity contribution in [2.75, 3.05) is 25.1 Å². The zero-order valence-corrected chi connectivity index (χ0v) is 25.4. The molecule has 3 aromatic rings. The van der Waals surface area contributed by atoms with Gasteiger partial charge in [-0.2, -0.15) is 0 Å². The van der Waals surface area contributed by atoms with Gasteiger partial charge in [-0.25, -0.2) is 8.42 Å². The number of nitrogens with zero attached hydrogens (tertiary/aromatic N) is 2. The summed E-state index contributed by atoms with van der Waals surface area (Å²) in [5.41, 5.74) is 0.793. The Bertz CT molecular complexity index is 1450. The van der Waals surface area contributed by atoms with Crippen LogP contribution in [0.2, 0.25) is 5.02 Å². The molecule has 41 heavy (non-hydrogen) atoms. The van der Waals surface area contributed by atoms with Gasteiger partial charge in [0.25, 0.3) is 10.0 Å². The first kappa shape index (κ1) is 31.8. The predicted molar refractivity (Wildman–Crippen MR) is 160 cm³/mol. The fraction of sp³-hybridized carbons (Fsp3) is 0.333. The van der Waals surface area contributed by atoms with Crippen molar-refractivity contribution >= 4 is 39.1 Å². The van der Waals surface area contributed by atoms with Crippen molar-refractivity contribution in [1.82, 2.24) is 10.2 Å². The van der Waals surface area contributed by atoms with E-state index < -0.39 is 28.5 Å². The van der Waals surface area contributed by atoms with Crippen LogP contribution >= 0.6 is 11.6 Å². The lowest BCUT2D eigenvalue weighted by Crippen LogP contribution is -2.52. The van der Waals surface area contributed by atoms with Crippen molar-refractivity contribution in [2.24, 2.45) is 0 Å². The lowest BCUT2D eigenvalue weighted by molar-refractivity contribution is -0.139. The maximum Gasteiger partial charge on any atom is 0.264 e. The molecule has 11 heteroatoms. The topological polar surface area (TPSA) is 105 Å². The summed E-state index contributed by atoms with van der Waals surface area (Å²) in [6.45, 7) is 4.82. The van der Waals surface area contributed by atoms with Gasteiger partial charge in [0.05, 0.1) is 24.8 Å². The Kier molecular flexibility index (Phi) is 11.0. The summed E-state index contributed by atoms with van der Waals surface area (Å²) in [6, 6.07) is 18.4. The van der Waals surface area contributed by atoms with Gasteiger partial charge in [-0.3, -0.25) is 13.9 Å². The molecule has 9 nitrogen and oxygen atoms in total. The van der Waals surface area contributed by atoms with Gasteiger partial charge in [-0.05, 0) is 68.3 Å². The molecule has 2 amide bonds. The van der Waals surface area contributed by atoms with E-state index in [1.807, 2.05) is 13.8 Å². The largest absolute Gasteiger partial charge is 0.497 e. The highest BCUT2D eigenvalue weighted by molar-refractivity contribution is 7.92. The molecule has 2 unspecified atom stereocenters. The molecule has 0 radical (unpaired) electrons. The molecule has 0 aliphatic heterocycles. The minimum Gasteiger partial charge on any atom is -0.497 e. The molecule has 1 N–H and O–H groups in total. The third-order valence-electron chi connectivity index (χ3n) is 6.75. The molecule has 0 bridgehead atoms. The van der Waals surface area contributed by atoms with E-state index in [0.29, 0.717) is 22.8 Å². The van der Waals surface area contributed by atoms with Gasteiger partial charge >= 0.3 is 0 Å². The fourth-order valence-corrected chi connectivity index (χ4v) is 5.70. The highest BCUT2D eigenvalue weighted by Crippen LogP contribution is 2.33. The molecule has 3 rings (SSSR count). The normalized spacial score (nSPS) is 12.6. The smallest absolute Gasteiger partial charge is 0.264 e. The van der Waals surface area contributed by atoms with Crippen LogP contribution in [0.3, 0.4) is 0 Å². The maximum absolute atomic E-state index is 14.1. The van der Waals surface area contributed by atoms with E-state index in [0.717, 1.165) is 4.31 Å². The van der Waals surface area contributed by atoms with Crippen molar-refractivity contribution < 1.29 is 27.5 Å². The zero-order valence-electron chi connectivity index (χ0n) is 23.8. The molecule has 0 spiro atoms. The highest BCUT2D eigenvalue weighted by Gasteiger charge is 2.34. The first-order chi connectivity index (χ1) is 19.5. The van der Waals surface area contributed by atoms with Crippen molar-refractivity contribution in [3.8, 4) is 11.5 Å². The monoisotopic (exact) mass is 601 g/mol. The van der Waals surface area contributed by atoms with Gasteiger partial charge < -0.3 is 19.7 Å². The summed E-state index contributed by atoms with van der Waals surface area (Å²) < 4.78 is 39.7. The maximum atomic E-state index is 14.1. The molecule has 0 fully saturated rings. The van der Waals surface area contributed by atoms with Crippen LogP contribution in [0.5, 0.6) is 11.5 Å². The summed E-state index contributed by atoms with van der Waals surface area (Å²) in [7, 11) is -1.36. The van der Waals surface area contributed by atoms with Crippen LogP contribution in [0.1, 0.15) is 32.8 Å². The van der Waals surface area contributed by atoms with Crippen LogP contribution in [-0.4, -0.2) is 58.0 Å². The van der Waals surface area contributed by atoms with Gasteiger partial charge in [-0.15, -0.1) is 0 Å². The number of amides is 2. The summed E-state index contributed by atoms with van der Waals surface area (Å²) in [5.74, 6) is -0.213. The van der Waals surface area contributed by atoms with E-state index >= 15 is 0 Å².